The number of hydrogen-bond acceptors (Lipinski definition) is 4. The van der Waals surface area contributed by atoms with Gasteiger partial charge in [0.25, 0.3) is 0 Å². The van der Waals surface area contributed by atoms with Crippen LogP contribution < -0.4 is 5.32 Å². The summed E-state index contributed by atoms with van der Waals surface area (Å²) in [7, 11) is 0. The molecule has 0 aliphatic heterocycles. The van der Waals surface area contributed by atoms with Gasteiger partial charge in [-0.1, -0.05) is 0 Å². The van der Waals surface area contributed by atoms with Crippen LogP contribution in [0.2, 0.25) is 0 Å². The van der Waals surface area contributed by atoms with Gasteiger partial charge in [-0.25, -0.2) is 4.79 Å². The van der Waals surface area contributed by atoms with Gasteiger partial charge in [0.15, 0.2) is 6.10 Å². The van der Waals surface area contributed by atoms with Crippen LogP contribution in [-0.4, -0.2) is 35.0 Å². The molecule has 1 unspecified atom stereocenters. The molecule has 0 saturated heterocycles. The van der Waals surface area contributed by atoms with Crippen molar-refractivity contribution in [3.8, 4) is 0 Å². The highest BCUT2D eigenvalue weighted by Gasteiger charge is 2.37. The Balaban J connectivity index is 2.46. The van der Waals surface area contributed by atoms with Gasteiger partial charge in [-0.05, 0) is 17.0 Å². The summed E-state index contributed by atoms with van der Waals surface area (Å²) >= 11 is 0.998. The third kappa shape index (κ3) is 3.99. The molecule has 0 radical (unpaired) electrons. The largest absolute Gasteiger partial charge is 0.477 e. The predicted molar refractivity (Wildman–Crippen MR) is 55.0 cm³/mol. The summed E-state index contributed by atoms with van der Waals surface area (Å²) < 4.78 is 35.8. The van der Waals surface area contributed by atoms with E-state index in [0.717, 1.165) is 11.3 Å². The highest BCUT2D eigenvalue weighted by atomic mass is 32.1. The topological polar surface area (TPSA) is 69.6 Å². The van der Waals surface area contributed by atoms with Gasteiger partial charge in [-0.3, -0.25) is 0 Å². The highest BCUT2D eigenvalue weighted by molar-refractivity contribution is 7.12. The highest BCUT2D eigenvalue weighted by Crippen LogP contribution is 2.20. The number of carbonyl (C=O) groups is 1. The summed E-state index contributed by atoms with van der Waals surface area (Å²) in [5.41, 5.74) is 0.400. The molecule has 0 spiro atoms. The molecule has 3 N–H and O–H groups in total. The molecule has 1 rings (SSSR count). The quantitative estimate of drug-likeness (QED) is 0.757. The van der Waals surface area contributed by atoms with Crippen LogP contribution in [0.25, 0.3) is 0 Å². The van der Waals surface area contributed by atoms with Crippen LogP contribution in [-0.2, 0) is 6.54 Å². The maximum Gasteiger partial charge on any atom is 0.415 e. The van der Waals surface area contributed by atoms with Crippen molar-refractivity contribution in [2.75, 3.05) is 6.54 Å². The number of alkyl halides is 3. The van der Waals surface area contributed by atoms with Crippen molar-refractivity contribution >= 4 is 17.3 Å². The Labute approximate surface area is 98.7 Å². The van der Waals surface area contributed by atoms with Gasteiger partial charge in [0, 0.05) is 13.1 Å². The van der Waals surface area contributed by atoms with Gasteiger partial charge in [-0.15, -0.1) is 11.3 Å². The minimum Gasteiger partial charge on any atom is -0.477 e. The van der Waals surface area contributed by atoms with Crippen molar-refractivity contribution in [1.82, 2.24) is 5.32 Å². The van der Waals surface area contributed by atoms with Crippen molar-refractivity contribution in [2.24, 2.45) is 0 Å². The molecule has 1 aromatic rings. The van der Waals surface area contributed by atoms with Crippen LogP contribution in [0.5, 0.6) is 0 Å². The van der Waals surface area contributed by atoms with Gasteiger partial charge < -0.3 is 15.5 Å². The first-order chi connectivity index (χ1) is 7.82. The van der Waals surface area contributed by atoms with E-state index in [9.17, 15) is 18.0 Å². The smallest absolute Gasteiger partial charge is 0.415 e. The monoisotopic (exact) mass is 269 g/mol. The van der Waals surface area contributed by atoms with Gasteiger partial charge >= 0.3 is 12.1 Å². The lowest BCUT2D eigenvalue weighted by atomic mass is 10.2. The van der Waals surface area contributed by atoms with Gasteiger partial charge in [0.05, 0.1) is 0 Å². The summed E-state index contributed by atoms with van der Waals surface area (Å²) in [6, 6.07) is 1.51. The molecular formula is C9H10F3NO3S. The van der Waals surface area contributed by atoms with E-state index in [0.29, 0.717) is 5.56 Å². The molecule has 0 saturated carbocycles. The number of aliphatic hydroxyl groups is 1. The lowest BCUT2D eigenvalue weighted by Gasteiger charge is -2.14. The van der Waals surface area contributed by atoms with E-state index in [4.69, 9.17) is 10.2 Å². The molecule has 8 heteroatoms. The van der Waals surface area contributed by atoms with E-state index in [-0.39, 0.29) is 11.4 Å². The second kappa shape index (κ2) is 5.48. The Kier molecular flexibility index (Phi) is 4.49. The molecule has 0 aromatic carbocycles. The number of halogens is 3. The van der Waals surface area contributed by atoms with E-state index in [1.54, 1.807) is 5.38 Å². The molecule has 0 fully saturated rings. The molecule has 1 aromatic heterocycles. The van der Waals surface area contributed by atoms with Crippen molar-refractivity contribution in [3.05, 3.63) is 21.9 Å². The Hall–Kier alpha value is -1.12. The average molecular weight is 269 g/mol. The zero-order valence-electron chi connectivity index (χ0n) is 8.49. The summed E-state index contributed by atoms with van der Waals surface area (Å²) in [4.78, 5) is 10.8. The first-order valence-electron chi connectivity index (χ1n) is 4.57. The summed E-state index contributed by atoms with van der Waals surface area (Å²) in [5, 5.41) is 21.3. The van der Waals surface area contributed by atoms with Crippen LogP contribution in [0.3, 0.4) is 0 Å². The fourth-order valence-electron chi connectivity index (χ4n) is 1.12. The lowest BCUT2D eigenvalue weighted by Crippen LogP contribution is -2.38. The van der Waals surface area contributed by atoms with Crippen molar-refractivity contribution in [1.29, 1.82) is 0 Å². The van der Waals surface area contributed by atoms with E-state index in [1.165, 1.54) is 6.07 Å². The molecular weight excluding hydrogens is 259 g/mol. The van der Waals surface area contributed by atoms with E-state index >= 15 is 0 Å². The van der Waals surface area contributed by atoms with Crippen molar-refractivity contribution < 1.29 is 28.2 Å². The number of hydrogen-bond donors (Lipinski definition) is 3. The fourth-order valence-corrected chi connectivity index (χ4v) is 1.88. The second-order valence-electron chi connectivity index (χ2n) is 3.27. The minimum absolute atomic E-state index is 0.0295. The Bertz CT molecular complexity index is 391. The second-order valence-corrected chi connectivity index (χ2v) is 4.18. The third-order valence-electron chi connectivity index (χ3n) is 1.97. The number of rotatable bonds is 5. The zero-order chi connectivity index (χ0) is 13.1. The van der Waals surface area contributed by atoms with Crippen LogP contribution >= 0.6 is 11.3 Å². The molecule has 1 atom stereocenters. The minimum atomic E-state index is -4.67. The van der Waals surface area contributed by atoms with Crippen molar-refractivity contribution in [2.45, 2.75) is 18.8 Å². The number of nitrogens with one attached hydrogen (secondary N) is 1. The SMILES string of the molecule is O=C(O)c1sccc1CNCC(O)C(F)(F)F. The lowest BCUT2D eigenvalue weighted by molar-refractivity contribution is -0.201. The molecule has 0 aliphatic carbocycles. The number of carboxylic acids is 1. The van der Waals surface area contributed by atoms with Gasteiger partial charge in [0.1, 0.15) is 4.88 Å². The normalized spacial score (nSPS) is 13.6. The maximum absolute atomic E-state index is 11.9. The number of carboxylic acid groups (broad SMARTS) is 1. The van der Waals surface area contributed by atoms with E-state index in [2.05, 4.69) is 5.32 Å². The molecule has 0 aliphatic rings. The van der Waals surface area contributed by atoms with Crippen LogP contribution in [0.1, 0.15) is 15.2 Å². The fraction of sp³-hybridized carbons (Fsp3) is 0.444. The van der Waals surface area contributed by atoms with E-state index in [1.807, 2.05) is 0 Å². The molecule has 96 valence electrons. The predicted octanol–water partition coefficient (Wildman–Crippen LogP) is 1.46. The van der Waals surface area contributed by atoms with Crippen LogP contribution in [0.15, 0.2) is 11.4 Å². The standard InChI is InChI=1S/C9H10F3NO3S/c10-9(11,12)6(14)4-13-3-5-1-2-17-7(5)8(15)16/h1-2,6,13-14H,3-4H2,(H,15,16). The van der Waals surface area contributed by atoms with Gasteiger partial charge in [0.2, 0.25) is 0 Å². The maximum atomic E-state index is 11.9. The van der Waals surface area contributed by atoms with Crippen molar-refractivity contribution in [3.63, 3.8) is 0 Å². The van der Waals surface area contributed by atoms with Gasteiger partial charge in [-0.2, -0.15) is 13.2 Å². The molecule has 4 nitrogen and oxygen atoms in total. The van der Waals surface area contributed by atoms with Crippen LogP contribution in [0, 0.1) is 0 Å². The Morgan fingerprint density at radius 2 is 2.18 bits per heavy atom. The zero-order valence-corrected chi connectivity index (χ0v) is 9.31. The Morgan fingerprint density at radius 1 is 1.53 bits per heavy atom. The average Bonchev–Trinajstić information content (AvgIpc) is 2.64. The summed E-state index contributed by atoms with van der Waals surface area (Å²) in [6.45, 7) is -0.698. The van der Waals surface area contributed by atoms with Crippen LogP contribution in [0.4, 0.5) is 13.2 Å². The number of aromatic carboxylic acids is 1. The summed E-state index contributed by atoms with van der Waals surface area (Å²) in [6.07, 6.45) is -7.12. The summed E-state index contributed by atoms with van der Waals surface area (Å²) in [5.74, 6) is -1.12. The molecule has 17 heavy (non-hydrogen) atoms. The first kappa shape index (κ1) is 13.9. The number of aliphatic hydroxyl groups excluding tert-OH is 1. The third-order valence-corrected chi connectivity index (χ3v) is 2.92. The molecule has 0 bridgehead atoms. The molecule has 0 amide bonds. The first-order valence-corrected chi connectivity index (χ1v) is 5.45. The Morgan fingerprint density at radius 3 is 2.71 bits per heavy atom. The molecule has 1 heterocycles. The number of thiophene rings is 1. The van der Waals surface area contributed by atoms with E-state index < -0.39 is 24.8 Å².